The van der Waals surface area contributed by atoms with Gasteiger partial charge in [0, 0.05) is 24.1 Å². The molecule has 1 aromatic rings. The summed E-state index contributed by atoms with van der Waals surface area (Å²) in [5, 5.41) is 6.84. The third-order valence-corrected chi connectivity index (χ3v) is 4.36. The summed E-state index contributed by atoms with van der Waals surface area (Å²) in [5.74, 6) is 1.84. The Morgan fingerprint density at radius 2 is 2.16 bits per heavy atom. The minimum Gasteiger partial charge on any atom is -0.497 e. The van der Waals surface area contributed by atoms with Crippen molar-refractivity contribution in [2.75, 3.05) is 27.2 Å². The Bertz CT molecular complexity index is 455. The first-order valence-corrected chi connectivity index (χ1v) is 7.01. The normalized spacial score (nSPS) is 24.6. The highest BCUT2D eigenvalue weighted by molar-refractivity contribution is 5.44. The molecule has 2 aliphatic rings. The van der Waals surface area contributed by atoms with Crippen LogP contribution in [0.25, 0.3) is 0 Å². The van der Waals surface area contributed by atoms with E-state index in [1.54, 1.807) is 7.11 Å². The number of rotatable bonds is 2. The third kappa shape index (κ3) is 2.30. The fourth-order valence-corrected chi connectivity index (χ4v) is 3.22. The average Bonchev–Trinajstić information content (AvgIpc) is 2.46. The van der Waals surface area contributed by atoms with Gasteiger partial charge in [0.15, 0.2) is 0 Å². The summed E-state index contributed by atoms with van der Waals surface area (Å²) in [7, 11) is 3.72. The maximum atomic E-state index is 6.37. The van der Waals surface area contributed by atoms with Crippen LogP contribution in [0.2, 0.25) is 0 Å². The third-order valence-electron chi connectivity index (χ3n) is 4.36. The highest BCUT2D eigenvalue weighted by atomic mass is 16.5. The van der Waals surface area contributed by atoms with Crippen LogP contribution >= 0.6 is 0 Å². The monoisotopic (exact) mass is 262 g/mol. The van der Waals surface area contributed by atoms with Gasteiger partial charge in [-0.1, -0.05) is 6.07 Å². The van der Waals surface area contributed by atoms with E-state index in [4.69, 9.17) is 9.47 Å². The molecule has 1 fully saturated rings. The second kappa shape index (κ2) is 5.02. The fourth-order valence-electron chi connectivity index (χ4n) is 3.22. The summed E-state index contributed by atoms with van der Waals surface area (Å²) in [4.78, 5) is 0. The van der Waals surface area contributed by atoms with Gasteiger partial charge in [-0.25, -0.2) is 0 Å². The number of piperidine rings is 1. The molecule has 104 valence electrons. The van der Waals surface area contributed by atoms with Gasteiger partial charge in [0.1, 0.15) is 17.1 Å². The summed E-state index contributed by atoms with van der Waals surface area (Å²) >= 11 is 0. The van der Waals surface area contributed by atoms with E-state index in [9.17, 15) is 0 Å². The molecule has 1 spiro atoms. The lowest BCUT2D eigenvalue weighted by atomic mass is 9.81. The predicted molar refractivity (Wildman–Crippen MR) is 74.9 cm³/mol. The van der Waals surface area contributed by atoms with Gasteiger partial charge >= 0.3 is 0 Å². The molecule has 2 N–H and O–H groups in total. The highest BCUT2D eigenvalue weighted by Gasteiger charge is 2.41. The molecule has 4 heteroatoms. The van der Waals surface area contributed by atoms with Gasteiger partial charge < -0.3 is 20.1 Å². The topological polar surface area (TPSA) is 42.5 Å². The first-order valence-electron chi connectivity index (χ1n) is 7.01. The molecule has 3 rings (SSSR count). The first kappa shape index (κ1) is 12.8. The molecule has 2 heterocycles. The van der Waals surface area contributed by atoms with Crippen LogP contribution in [0.4, 0.5) is 0 Å². The van der Waals surface area contributed by atoms with Crippen molar-refractivity contribution < 1.29 is 9.47 Å². The molecule has 19 heavy (non-hydrogen) atoms. The van der Waals surface area contributed by atoms with Crippen LogP contribution < -0.4 is 20.1 Å². The van der Waals surface area contributed by atoms with Crippen molar-refractivity contribution in [1.82, 2.24) is 10.6 Å². The van der Waals surface area contributed by atoms with Crippen molar-refractivity contribution in [3.8, 4) is 11.5 Å². The molecule has 0 bridgehead atoms. The van der Waals surface area contributed by atoms with Crippen LogP contribution in [0.3, 0.4) is 0 Å². The summed E-state index contributed by atoms with van der Waals surface area (Å²) in [5.41, 5.74) is 1.23. The minimum absolute atomic E-state index is 0.0156. The first-order chi connectivity index (χ1) is 9.26. The maximum Gasteiger partial charge on any atom is 0.128 e. The van der Waals surface area contributed by atoms with Crippen molar-refractivity contribution >= 4 is 0 Å². The van der Waals surface area contributed by atoms with E-state index in [0.29, 0.717) is 6.04 Å². The Morgan fingerprint density at radius 3 is 2.84 bits per heavy atom. The van der Waals surface area contributed by atoms with Gasteiger partial charge in [-0.15, -0.1) is 0 Å². The number of methoxy groups -OCH3 is 1. The Morgan fingerprint density at radius 1 is 1.37 bits per heavy atom. The molecule has 1 unspecified atom stereocenters. The van der Waals surface area contributed by atoms with E-state index in [1.165, 1.54) is 5.56 Å². The molecular formula is C15H22N2O2. The van der Waals surface area contributed by atoms with Crippen LogP contribution in [0, 0.1) is 0 Å². The SMILES string of the molecule is CNC1CC2(CCNCC2)Oc2cc(OC)ccc21. The fraction of sp³-hybridized carbons (Fsp3) is 0.600. The van der Waals surface area contributed by atoms with Crippen molar-refractivity contribution in [2.45, 2.75) is 30.9 Å². The molecular weight excluding hydrogens is 240 g/mol. The molecule has 0 aromatic heterocycles. The van der Waals surface area contributed by atoms with Crippen molar-refractivity contribution in [1.29, 1.82) is 0 Å². The smallest absolute Gasteiger partial charge is 0.128 e. The zero-order chi connectivity index (χ0) is 13.3. The summed E-state index contributed by atoms with van der Waals surface area (Å²) in [6.45, 7) is 2.07. The minimum atomic E-state index is -0.0156. The summed E-state index contributed by atoms with van der Waals surface area (Å²) < 4.78 is 11.7. The Balaban J connectivity index is 1.95. The van der Waals surface area contributed by atoms with Crippen LogP contribution in [0.15, 0.2) is 18.2 Å². The lowest BCUT2D eigenvalue weighted by molar-refractivity contribution is 0.00393. The van der Waals surface area contributed by atoms with Gasteiger partial charge in [-0.3, -0.25) is 0 Å². The number of hydrogen-bond donors (Lipinski definition) is 2. The maximum absolute atomic E-state index is 6.37. The van der Waals surface area contributed by atoms with E-state index >= 15 is 0 Å². The Hall–Kier alpha value is -1.26. The van der Waals surface area contributed by atoms with Gasteiger partial charge in [0.25, 0.3) is 0 Å². The number of benzene rings is 1. The molecule has 1 atom stereocenters. The second-order valence-electron chi connectivity index (χ2n) is 5.48. The van der Waals surface area contributed by atoms with E-state index in [0.717, 1.165) is 43.9 Å². The van der Waals surface area contributed by atoms with E-state index in [1.807, 2.05) is 19.2 Å². The zero-order valence-electron chi connectivity index (χ0n) is 11.7. The molecule has 4 nitrogen and oxygen atoms in total. The molecule has 0 amide bonds. The van der Waals surface area contributed by atoms with Crippen LogP contribution in [-0.2, 0) is 0 Å². The largest absolute Gasteiger partial charge is 0.497 e. The van der Waals surface area contributed by atoms with Crippen molar-refractivity contribution in [3.05, 3.63) is 23.8 Å². The van der Waals surface area contributed by atoms with Crippen molar-refractivity contribution in [2.24, 2.45) is 0 Å². The van der Waals surface area contributed by atoms with Gasteiger partial charge in [-0.05, 0) is 39.0 Å². The quantitative estimate of drug-likeness (QED) is 0.854. The second-order valence-corrected chi connectivity index (χ2v) is 5.48. The molecule has 1 aromatic carbocycles. The van der Waals surface area contributed by atoms with Gasteiger partial charge in [0.2, 0.25) is 0 Å². The number of ether oxygens (including phenoxy) is 2. The zero-order valence-corrected chi connectivity index (χ0v) is 11.7. The summed E-state index contributed by atoms with van der Waals surface area (Å²) in [6, 6.07) is 6.51. The van der Waals surface area contributed by atoms with Crippen molar-refractivity contribution in [3.63, 3.8) is 0 Å². The average molecular weight is 262 g/mol. The highest BCUT2D eigenvalue weighted by Crippen LogP contribution is 2.44. The lowest BCUT2D eigenvalue weighted by Gasteiger charge is -2.44. The molecule has 2 aliphatic heterocycles. The predicted octanol–water partition coefficient (Wildman–Crippen LogP) is 1.86. The van der Waals surface area contributed by atoms with Gasteiger partial charge in [0.05, 0.1) is 7.11 Å². The van der Waals surface area contributed by atoms with Gasteiger partial charge in [-0.2, -0.15) is 0 Å². The molecule has 1 saturated heterocycles. The van der Waals surface area contributed by atoms with E-state index in [2.05, 4.69) is 16.7 Å². The standard InChI is InChI=1S/C15H22N2O2/c1-16-13-10-15(5-7-17-8-6-15)19-14-9-11(18-2)3-4-12(13)14/h3-4,9,13,16-17H,5-8,10H2,1-2H3. The Kier molecular flexibility index (Phi) is 3.37. The number of fused-ring (bicyclic) bond motifs is 1. The van der Waals surface area contributed by atoms with Crippen LogP contribution in [0.1, 0.15) is 30.9 Å². The van der Waals surface area contributed by atoms with Crippen LogP contribution in [-0.4, -0.2) is 32.8 Å². The number of hydrogen-bond acceptors (Lipinski definition) is 4. The molecule has 0 saturated carbocycles. The Labute approximate surface area is 114 Å². The lowest BCUT2D eigenvalue weighted by Crippen LogP contribution is -2.50. The van der Waals surface area contributed by atoms with E-state index in [-0.39, 0.29) is 5.60 Å². The molecule has 0 aliphatic carbocycles. The van der Waals surface area contributed by atoms with Crippen LogP contribution in [0.5, 0.6) is 11.5 Å². The van der Waals surface area contributed by atoms with E-state index < -0.39 is 0 Å². The number of nitrogens with one attached hydrogen (secondary N) is 2. The molecule has 0 radical (unpaired) electrons. The summed E-state index contributed by atoms with van der Waals surface area (Å²) in [6.07, 6.45) is 3.19.